The predicted octanol–water partition coefficient (Wildman–Crippen LogP) is 4.31. The van der Waals surface area contributed by atoms with Crippen molar-refractivity contribution in [3.8, 4) is 11.3 Å². The lowest BCUT2D eigenvalue weighted by Gasteiger charge is -2.33. The second kappa shape index (κ2) is 9.57. The topological polar surface area (TPSA) is 71.5 Å². The van der Waals surface area contributed by atoms with Gasteiger partial charge in [-0.1, -0.05) is 41.9 Å². The normalized spacial score (nSPS) is 15.6. The van der Waals surface area contributed by atoms with Crippen LogP contribution in [0.25, 0.3) is 11.3 Å². The molecule has 0 saturated carbocycles. The Hall–Kier alpha value is -2.57. The van der Waals surface area contributed by atoms with Crippen LogP contribution in [0.1, 0.15) is 41.6 Å². The fourth-order valence-corrected chi connectivity index (χ4v) is 3.52. The van der Waals surface area contributed by atoms with Gasteiger partial charge in [0.1, 0.15) is 5.76 Å². The Balaban J connectivity index is 0.00000225. The Morgan fingerprint density at radius 2 is 1.89 bits per heavy atom. The highest BCUT2D eigenvalue weighted by molar-refractivity contribution is 5.93. The number of nitrogens with zero attached hydrogens (tertiary/aromatic N) is 2. The summed E-state index contributed by atoms with van der Waals surface area (Å²) in [5, 5.41) is 6.91. The number of nitrogens with one attached hydrogen (secondary N) is 1. The molecule has 1 fully saturated rings. The number of amides is 1. The lowest BCUT2D eigenvalue weighted by Crippen LogP contribution is -2.40. The van der Waals surface area contributed by atoms with Crippen molar-refractivity contribution in [3.05, 3.63) is 66.2 Å². The van der Waals surface area contributed by atoms with E-state index in [2.05, 4.69) is 15.4 Å². The minimum Gasteiger partial charge on any atom is -0.468 e. The summed E-state index contributed by atoms with van der Waals surface area (Å²) in [6.45, 7) is 2.51. The molecule has 7 heteroatoms. The lowest BCUT2D eigenvalue weighted by atomic mass is 10.1. The highest BCUT2D eigenvalue weighted by atomic mass is 35.5. The first-order chi connectivity index (χ1) is 13.3. The van der Waals surface area contributed by atoms with E-state index in [1.165, 1.54) is 19.3 Å². The maximum atomic E-state index is 12.6. The van der Waals surface area contributed by atoms with E-state index < -0.39 is 0 Å². The minimum absolute atomic E-state index is 0. The van der Waals surface area contributed by atoms with Crippen LogP contribution in [-0.4, -0.2) is 35.6 Å². The molecule has 4 rings (SSSR count). The van der Waals surface area contributed by atoms with Crippen LogP contribution < -0.4 is 5.32 Å². The van der Waals surface area contributed by atoms with E-state index in [1.807, 2.05) is 42.5 Å². The number of carbonyl (C=O) groups is 1. The molecule has 28 heavy (non-hydrogen) atoms. The van der Waals surface area contributed by atoms with Crippen LogP contribution in [0.15, 0.2) is 63.7 Å². The Morgan fingerprint density at radius 1 is 1.11 bits per heavy atom. The number of halogens is 1. The fourth-order valence-electron chi connectivity index (χ4n) is 3.52. The van der Waals surface area contributed by atoms with Gasteiger partial charge >= 0.3 is 0 Å². The van der Waals surface area contributed by atoms with Crippen molar-refractivity contribution < 1.29 is 13.7 Å². The summed E-state index contributed by atoms with van der Waals surface area (Å²) in [6.07, 6.45) is 5.29. The number of aromatic nitrogens is 1. The van der Waals surface area contributed by atoms with E-state index in [-0.39, 0.29) is 30.0 Å². The van der Waals surface area contributed by atoms with Gasteiger partial charge in [0.05, 0.1) is 12.3 Å². The number of carbonyl (C=O) groups excluding carboxylic acids is 1. The van der Waals surface area contributed by atoms with Gasteiger partial charge in [0.2, 0.25) is 0 Å². The first-order valence-electron chi connectivity index (χ1n) is 9.39. The van der Waals surface area contributed by atoms with E-state index in [9.17, 15) is 4.79 Å². The van der Waals surface area contributed by atoms with Crippen LogP contribution in [0.5, 0.6) is 0 Å². The molecular formula is C21H24ClN3O3. The van der Waals surface area contributed by atoms with E-state index in [1.54, 1.807) is 12.3 Å². The van der Waals surface area contributed by atoms with Crippen molar-refractivity contribution in [1.29, 1.82) is 0 Å². The second-order valence-electron chi connectivity index (χ2n) is 6.78. The summed E-state index contributed by atoms with van der Waals surface area (Å²) in [7, 11) is 0. The minimum atomic E-state index is -0.241. The maximum absolute atomic E-state index is 12.6. The number of rotatable bonds is 6. The molecule has 1 unspecified atom stereocenters. The molecule has 1 aliphatic heterocycles. The standard InChI is InChI=1S/C21H23N3O3.ClH/c25-21(17-14-20(27-23-17)16-8-3-1-4-9-16)22-15-18(19-10-7-13-26-19)24-11-5-2-6-12-24;/h1,3-4,7-10,13-14,18H,2,5-6,11-12,15H2,(H,22,25);1H. The van der Waals surface area contributed by atoms with Gasteiger partial charge in [0, 0.05) is 18.2 Å². The molecule has 1 aliphatic rings. The zero-order chi connectivity index (χ0) is 18.5. The van der Waals surface area contributed by atoms with Crippen molar-refractivity contribution in [3.63, 3.8) is 0 Å². The summed E-state index contributed by atoms with van der Waals surface area (Å²) in [6, 6.07) is 15.2. The van der Waals surface area contributed by atoms with Crippen LogP contribution in [0.2, 0.25) is 0 Å². The lowest BCUT2D eigenvalue weighted by molar-refractivity contribution is 0.0905. The fraction of sp³-hybridized carbons (Fsp3) is 0.333. The number of likely N-dealkylation sites (tertiary alicyclic amines) is 1. The molecule has 1 atom stereocenters. The van der Waals surface area contributed by atoms with Crippen molar-refractivity contribution in [2.45, 2.75) is 25.3 Å². The molecule has 3 heterocycles. The van der Waals surface area contributed by atoms with Gasteiger partial charge in [-0.25, -0.2) is 0 Å². The Kier molecular flexibility index (Phi) is 6.90. The number of benzene rings is 1. The number of piperidine rings is 1. The van der Waals surface area contributed by atoms with E-state index in [0.29, 0.717) is 12.3 Å². The number of hydrogen-bond acceptors (Lipinski definition) is 5. The van der Waals surface area contributed by atoms with Gasteiger partial charge in [-0.15, -0.1) is 12.4 Å². The molecule has 0 aliphatic carbocycles. The predicted molar refractivity (Wildman–Crippen MR) is 108 cm³/mol. The summed E-state index contributed by atoms with van der Waals surface area (Å²) in [5.74, 6) is 1.22. The van der Waals surface area contributed by atoms with Crippen LogP contribution in [0, 0.1) is 0 Å². The molecule has 1 saturated heterocycles. The molecule has 0 radical (unpaired) electrons. The first-order valence-corrected chi connectivity index (χ1v) is 9.39. The monoisotopic (exact) mass is 401 g/mol. The van der Waals surface area contributed by atoms with Gasteiger partial charge in [-0.2, -0.15) is 0 Å². The average molecular weight is 402 g/mol. The van der Waals surface area contributed by atoms with E-state index in [4.69, 9.17) is 8.94 Å². The Bertz CT molecular complexity index is 858. The number of furan rings is 1. The highest BCUT2D eigenvalue weighted by Gasteiger charge is 2.25. The van der Waals surface area contributed by atoms with Crippen LogP contribution >= 0.6 is 12.4 Å². The van der Waals surface area contributed by atoms with E-state index in [0.717, 1.165) is 24.4 Å². The number of hydrogen-bond donors (Lipinski definition) is 1. The van der Waals surface area contributed by atoms with Crippen molar-refractivity contribution >= 4 is 18.3 Å². The van der Waals surface area contributed by atoms with Crippen molar-refractivity contribution in [2.24, 2.45) is 0 Å². The molecule has 6 nitrogen and oxygen atoms in total. The van der Waals surface area contributed by atoms with Gasteiger partial charge in [-0.05, 0) is 38.1 Å². The molecule has 0 spiro atoms. The molecule has 3 aromatic rings. The Morgan fingerprint density at radius 3 is 2.61 bits per heavy atom. The highest BCUT2D eigenvalue weighted by Crippen LogP contribution is 2.25. The summed E-state index contributed by atoms with van der Waals surface area (Å²) in [5.41, 5.74) is 1.18. The second-order valence-corrected chi connectivity index (χ2v) is 6.78. The van der Waals surface area contributed by atoms with Crippen LogP contribution in [-0.2, 0) is 0 Å². The van der Waals surface area contributed by atoms with Crippen molar-refractivity contribution in [2.75, 3.05) is 19.6 Å². The summed E-state index contributed by atoms with van der Waals surface area (Å²) in [4.78, 5) is 14.9. The van der Waals surface area contributed by atoms with Crippen LogP contribution in [0.4, 0.5) is 0 Å². The zero-order valence-corrected chi connectivity index (χ0v) is 16.4. The van der Waals surface area contributed by atoms with Gasteiger partial charge in [0.25, 0.3) is 5.91 Å². The Labute approximate surface area is 170 Å². The first kappa shape index (κ1) is 20.2. The van der Waals surface area contributed by atoms with Crippen molar-refractivity contribution in [1.82, 2.24) is 15.4 Å². The van der Waals surface area contributed by atoms with Crippen LogP contribution in [0.3, 0.4) is 0 Å². The molecule has 1 amide bonds. The van der Waals surface area contributed by atoms with Gasteiger partial charge in [-0.3, -0.25) is 9.69 Å². The third-order valence-corrected chi connectivity index (χ3v) is 4.96. The molecule has 0 bridgehead atoms. The average Bonchev–Trinajstić information content (AvgIpc) is 3.42. The maximum Gasteiger partial charge on any atom is 0.273 e. The molecule has 2 aromatic heterocycles. The van der Waals surface area contributed by atoms with Gasteiger partial charge in [0.15, 0.2) is 11.5 Å². The quantitative estimate of drug-likeness (QED) is 0.666. The molecule has 1 aromatic carbocycles. The van der Waals surface area contributed by atoms with E-state index >= 15 is 0 Å². The SMILES string of the molecule is Cl.O=C(NCC(c1ccco1)N1CCCCC1)c1cc(-c2ccccc2)on1. The largest absolute Gasteiger partial charge is 0.468 e. The zero-order valence-electron chi connectivity index (χ0n) is 15.5. The molecular weight excluding hydrogens is 378 g/mol. The smallest absolute Gasteiger partial charge is 0.273 e. The summed E-state index contributed by atoms with van der Waals surface area (Å²) < 4.78 is 10.9. The molecule has 148 valence electrons. The third kappa shape index (κ3) is 4.64. The third-order valence-electron chi connectivity index (χ3n) is 4.96. The summed E-state index contributed by atoms with van der Waals surface area (Å²) >= 11 is 0. The molecule has 1 N–H and O–H groups in total. The van der Waals surface area contributed by atoms with Gasteiger partial charge < -0.3 is 14.3 Å².